The molecule has 0 spiro atoms. The zero-order valence-electron chi connectivity index (χ0n) is 9.03. The van der Waals surface area contributed by atoms with Crippen molar-refractivity contribution in [2.75, 3.05) is 0 Å². The number of thioether (sulfide) groups is 1. The Morgan fingerprint density at radius 1 is 1.67 bits per heavy atom. The molecule has 0 fully saturated rings. The first kappa shape index (κ1) is 12.1. The van der Waals surface area contributed by atoms with Gasteiger partial charge >= 0.3 is 0 Å². The average molecular weight is 229 g/mol. The fraction of sp³-hybridized carbons (Fsp3) is 0.556. The van der Waals surface area contributed by atoms with E-state index in [4.69, 9.17) is 10.4 Å². The van der Waals surface area contributed by atoms with Crippen LogP contribution >= 0.6 is 11.8 Å². The van der Waals surface area contributed by atoms with Gasteiger partial charge in [0.05, 0.1) is 5.75 Å². The highest BCUT2D eigenvalue weighted by atomic mass is 32.2. The molecule has 0 saturated carbocycles. The van der Waals surface area contributed by atoms with Crippen molar-refractivity contribution in [1.29, 1.82) is 0 Å². The van der Waals surface area contributed by atoms with Crippen molar-refractivity contribution in [1.82, 2.24) is 10.6 Å². The van der Waals surface area contributed by atoms with Crippen molar-refractivity contribution in [3.8, 4) is 0 Å². The molecule has 1 amide bonds. The summed E-state index contributed by atoms with van der Waals surface area (Å²) in [5, 5.41) is 3.61. The molecule has 0 unspecified atom stereocenters. The molecule has 0 atom stereocenters. The number of carbonyl (C=O) groups excluding carboxylic acids is 1. The molecule has 1 heterocycles. The van der Waals surface area contributed by atoms with E-state index in [1.807, 2.05) is 5.43 Å². The molecule has 0 aliphatic carbocycles. The van der Waals surface area contributed by atoms with E-state index in [0.717, 1.165) is 0 Å². The van der Waals surface area contributed by atoms with Crippen LogP contribution in [0.25, 0.3) is 0 Å². The lowest BCUT2D eigenvalue weighted by atomic mass is 10.3. The van der Waals surface area contributed by atoms with Crippen LogP contribution < -0.4 is 11.3 Å². The van der Waals surface area contributed by atoms with Gasteiger partial charge in [0.25, 0.3) is 5.91 Å². The number of hydrogen-bond acceptors (Lipinski definition) is 5. The van der Waals surface area contributed by atoms with Gasteiger partial charge in [0.2, 0.25) is 0 Å². The lowest BCUT2D eigenvalue weighted by Crippen LogP contribution is -2.30. The van der Waals surface area contributed by atoms with Gasteiger partial charge in [-0.3, -0.25) is 10.2 Å². The van der Waals surface area contributed by atoms with E-state index in [0.29, 0.717) is 11.5 Å². The second-order valence-corrected chi connectivity index (χ2v) is 5.86. The number of nitrogens with zero attached hydrogens (tertiary/aromatic N) is 1. The first-order valence-electron chi connectivity index (χ1n) is 4.53. The molecular formula is C9H15N3O2S. The summed E-state index contributed by atoms with van der Waals surface area (Å²) in [5.74, 6) is 5.89. The Bertz CT molecular complexity index is 343. The van der Waals surface area contributed by atoms with Crippen LogP contribution in [0.1, 0.15) is 37.0 Å². The normalized spacial score (nSPS) is 11.5. The van der Waals surface area contributed by atoms with Gasteiger partial charge in [-0.25, -0.2) is 5.84 Å². The van der Waals surface area contributed by atoms with Crippen LogP contribution in [0.15, 0.2) is 10.6 Å². The monoisotopic (exact) mass is 229 g/mol. The van der Waals surface area contributed by atoms with Crippen molar-refractivity contribution in [2.24, 2.45) is 5.84 Å². The molecule has 1 aromatic rings. The smallest absolute Gasteiger partial charge is 0.287 e. The molecule has 6 heteroatoms. The third-order valence-electron chi connectivity index (χ3n) is 1.57. The van der Waals surface area contributed by atoms with Crippen LogP contribution in [-0.2, 0) is 5.75 Å². The molecule has 1 rings (SSSR count). The van der Waals surface area contributed by atoms with Gasteiger partial charge in [-0.1, -0.05) is 25.9 Å². The van der Waals surface area contributed by atoms with E-state index >= 15 is 0 Å². The van der Waals surface area contributed by atoms with Gasteiger partial charge in [0.1, 0.15) is 5.76 Å². The van der Waals surface area contributed by atoms with E-state index in [2.05, 4.69) is 25.9 Å². The lowest BCUT2D eigenvalue weighted by Gasteiger charge is -2.15. The summed E-state index contributed by atoms with van der Waals surface area (Å²) in [7, 11) is 0. The predicted octanol–water partition coefficient (Wildman–Crippen LogP) is 1.31. The highest BCUT2D eigenvalue weighted by molar-refractivity contribution is 7.99. The number of nitrogen functional groups attached to an aromatic ring is 1. The van der Waals surface area contributed by atoms with Crippen LogP contribution in [0.4, 0.5) is 0 Å². The van der Waals surface area contributed by atoms with E-state index < -0.39 is 5.91 Å². The molecule has 0 radical (unpaired) electrons. The van der Waals surface area contributed by atoms with Crippen molar-refractivity contribution in [3.63, 3.8) is 0 Å². The molecular weight excluding hydrogens is 214 g/mol. The molecule has 0 aliphatic rings. The largest absolute Gasteiger partial charge is 0.360 e. The maximum atomic E-state index is 11.1. The predicted molar refractivity (Wildman–Crippen MR) is 59.2 cm³/mol. The second kappa shape index (κ2) is 4.67. The van der Waals surface area contributed by atoms with Gasteiger partial charge in [0.15, 0.2) is 5.69 Å². The number of hydrazine groups is 1. The Morgan fingerprint density at radius 2 is 2.33 bits per heavy atom. The molecule has 3 N–H and O–H groups in total. The third kappa shape index (κ3) is 3.93. The van der Waals surface area contributed by atoms with E-state index in [1.54, 1.807) is 17.8 Å². The van der Waals surface area contributed by atoms with E-state index in [9.17, 15) is 4.79 Å². The minimum absolute atomic E-state index is 0.156. The summed E-state index contributed by atoms with van der Waals surface area (Å²) in [5.41, 5.74) is 2.21. The fourth-order valence-electron chi connectivity index (χ4n) is 0.850. The number of amides is 1. The lowest BCUT2D eigenvalue weighted by molar-refractivity contribution is 0.0944. The first-order chi connectivity index (χ1) is 6.92. The topological polar surface area (TPSA) is 81.2 Å². The summed E-state index contributed by atoms with van der Waals surface area (Å²) in [6.07, 6.45) is 0. The Hall–Kier alpha value is -1.01. The third-order valence-corrected chi connectivity index (χ3v) is 2.87. The van der Waals surface area contributed by atoms with Gasteiger partial charge < -0.3 is 4.52 Å². The Labute approximate surface area is 92.7 Å². The van der Waals surface area contributed by atoms with Crippen LogP contribution in [0.3, 0.4) is 0 Å². The molecule has 0 aromatic carbocycles. The van der Waals surface area contributed by atoms with Gasteiger partial charge in [0, 0.05) is 10.8 Å². The van der Waals surface area contributed by atoms with Gasteiger partial charge in [-0.05, 0) is 0 Å². The summed E-state index contributed by atoms with van der Waals surface area (Å²) in [6.45, 7) is 6.34. The van der Waals surface area contributed by atoms with Crippen molar-refractivity contribution < 1.29 is 9.32 Å². The highest BCUT2D eigenvalue weighted by Gasteiger charge is 2.15. The second-order valence-electron chi connectivity index (χ2n) is 4.05. The molecule has 0 saturated heterocycles. The zero-order valence-corrected chi connectivity index (χ0v) is 9.85. The number of hydrogen-bond donors (Lipinski definition) is 2. The Morgan fingerprint density at radius 3 is 2.87 bits per heavy atom. The van der Waals surface area contributed by atoms with Gasteiger partial charge in [-0.2, -0.15) is 0 Å². The Kier molecular flexibility index (Phi) is 3.76. The van der Waals surface area contributed by atoms with Gasteiger partial charge in [-0.15, -0.1) is 11.8 Å². The Balaban J connectivity index is 2.57. The van der Waals surface area contributed by atoms with E-state index in [1.165, 1.54) is 0 Å². The average Bonchev–Trinajstić information content (AvgIpc) is 2.61. The van der Waals surface area contributed by atoms with Crippen LogP contribution in [0.2, 0.25) is 0 Å². The number of carbonyl (C=O) groups is 1. The number of nitrogens with two attached hydrogens (primary N) is 1. The summed E-state index contributed by atoms with van der Waals surface area (Å²) >= 11 is 1.72. The molecule has 15 heavy (non-hydrogen) atoms. The molecule has 0 bridgehead atoms. The summed E-state index contributed by atoms with van der Waals surface area (Å²) < 4.78 is 5.15. The quantitative estimate of drug-likeness (QED) is 0.464. The van der Waals surface area contributed by atoms with Crippen molar-refractivity contribution in [2.45, 2.75) is 31.3 Å². The number of nitrogens with one attached hydrogen (secondary N) is 1. The summed E-state index contributed by atoms with van der Waals surface area (Å²) in [4.78, 5) is 11.1. The number of rotatable bonds is 3. The molecule has 0 aliphatic heterocycles. The minimum Gasteiger partial charge on any atom is -0.360 e. The van der Waals surface area contributed by atoms with Crippen LogP contribution in [-0.4, -0.2) is 15.8 Å². The number of aromatic nitrogens is 1. The van der Waals surface area contributed by atoms with E-state index in [-0.39, 0.29) is 10.4 Å². The van der Waals surface area contributed by atoms with Crippen LogP contribution in [0, 0.1) is 0 Å². The standard InChI is InChI=1S/C9H15N3O2S/c1-9(2,3)15-5-6-4-7(12-14-6)8(13)11-10/h4H,5,10H2,1-3H3,(H,11,13). The molecule has 5 nitrogen and oxygen atoms in total. The SMILES string of the molecule is CC(C)(C)SCc1cc(C(=O)NN)no1. The molecule has 84 valence electrons. The maximum Gasteiger partial charge on any atom is 0.287 e. The maximum absolute atomic E-state index is 11.1. The molecule has 1 aromatic heterocycles. The zero-order chi connectivity index (χ0) is 11.5. The first-order valence-corrected chi connectivity index (χ1v) is 5.51. The minimum atomic E-state index is -0.439. The fourth-order valence-corrected chi connectivity index (χ4v) is 1.56. The van der Waals surface area contributed by atoms with Crippen molar-refractivity contribution in [3.05, 3.63) is 17.5 Å². The highest BCUT2D eigenvalue weighted by Crippen LogP contribution is 2.27. The van der Waals surface area contributed by atoms with Crippen LogP contribution in [0.5, 0.6) is 0 Å². The van der Waals surface area contributed by atoms with Crippen molar-refractivity contribution >= 4 is 17.7 Å². The summed E-state index contributed by atoms with van der Waals surface area (Å²) in [6, 6.07) is 1.60.